The largest absolute Gasteiger partial charge is 0.497 e. The van der Waals surface area contributed by atoms with Crippen molar-refractivity contribution in [3.8, 4) is 17.0 Å². The molecule has 29 heavy (non-hydrogen) atoms. The summed E-state index contributed by atoms with van der Waals surface area (Å²) < 4.78 is 32.9. The van der Waals surface area contributed by atoms with Gasteiger partial charge in [0.1, 0.15) is 17.4 Å². The van der Waals surface area contributed by atoms with Gasteiger partial charge in [0.15, 0.2) is 0 Å². The van der Waals surface area contributed by atoms with Gasteiger partial charge in [-0.15, -0.1) is 0 Å². The molecule has 0 fully saturated rings. The molecule has 0 aliphatic carbocycles. The second-order valence-corrected chi connectivity index (χ2v) is 6.76. The van der Waals surface area contributed by atoms with Crippen molar-refractivity contribution in [2.75, 3.05) is 7.11 Å². The van der Waals surface area contributed by atoms with Crippen LogP contribution in [0, 0.1) is 11.6 Å². The van der Waals surface area contributed by atoms with Gasteiger partial charge >= 0.3 is 0 Å². The summed E-state index contributed by atoms with van der Waals surface area (Å²) in [5.74, 6) is 0.154. The lowest BCUT2D eigenvalue weighted by Crippen LogP contribution is -2.15. The summed E-state index contributed by atoms with van der Waals surface area (Å²) in [5, 5.41) is 4.14. The second-order valence-electron chi connectivity index (χ2n) is 6.76. The molecule has 0 aliphatic heterocycles. The number of pyridine rings is 1. The van der Waals surface area contributed by atoms with Crippen LogP contribution in [0.5, 0.6) is 5.75 Å². The van der Waals surface area contributed by atoms with Crippen LogP contribution in [0.25, 0.3) is 22.2 Å². The summed E-state index contributed by atoms with van der Waals surface area (Å²) in [5.41, 5.74) is 3.74. The highest BCUT2D eigenvalue weighted by atomic mass is 19.1. The molecule has 0 saturated heterocycles. The number of methoxy groups -OCH3 is 1. The van der Waals surface area contributed by atoms with Gasteiger partial charge < -0.3 is 10.1 Å². The number of aromatic nitrogens is 1. The van der Waals surface area contributed by atoms with E-state index in [-0.39, 0.29) is 11.6 Å². The standard InChI is InChI=1S/C24H20F2N2O/c1-29-21-7-4-6-17(12-21)24-19(11-16-9-10-20(25)13-23(16)28-24)15-27-14-18-5-2-3-8-22(18)26/h2-13,27H,14-15H2,1H3. The van der Waals surface area contributed by atoms with Gasteiger partial charge in [0.25, 0.3) is 0 Å². The van der Waals surface area contributed by atoms with Crippen LogP contribution in [-0.2, 0) is 13.1 Å². The molecule has 0 spiro atoms. The third kappa shape index (κ3) is 4.25. The van der Waals surface area contributed by atoms with E-state index in [1.165, 1.54) is 18.2 Å². The Hall–Kier alpha value is -3.31. The summed E-state index contributed by atoms with van der Waals surface area (Å²) in [4.78, 5) is 4.72. The van der Waals surface area contributed by atoms with Gasteiger partial charge in [-0.05, 0) is 42.0 Å². The van der Waals surface area contributed by atoms with Gasteiger partial charge in [-0.25, -0.2) is 13.8 Å². The lowest BCUT2D eigenvalue weighted by molar-refractivity contribution is 0.415. The number of nitrogens with zero attached hydrogens (tertiary/aromatic N) is 1. The Morgan fingerprint density at radius 1 is 0.862 bits per heavy atom. The molecule has 5 heteroatoms. The fraction of sp³-hybridized carbons (Fsp3) is 0.125. The maximum Gasteiger partial charge on any atom is 0.127 e. The summed E-state index contributed by atoms with van der Waals surface area (Å²) in [6.07, 6.45) is 0. The average Bonchev–Trinajstić information content (AvgIpc) is 2.74. The van der Waals surface area contributed by atoms with Gasteiger partial charge in [0, 0.05) is 35.7 Å². The van der Waals surface area contributed by atoms with Crippen molar-refractivity contribution in [1.29, 1.82) is 0 Å². The molecule has 0 atom stereocenters. The highest BCUT2D eigenvalue weighted by Crippen LogP contribution is 2.28. The number of benzene rings is 3. The Labute approximate surface area is 168 Å². The second kappa shape index (κ2) is 8.37. The Morgan fingerprint density at radius 3 is 2.52 bits per heavy atom. The fourth-order valence-corrected chi connectivity index (χ4v) is 3.31. The Morgan fingerprint density at radius 2 is 1.69 bits per heavy atom. The van der Waals surface area contributed by atoms with E-state index in [9.17, 15) is 8.78 Å². The Balaban J connectivity index is 1.70. The van der Waals surface area contributed by atoms with Crippen LogP contribution in [0.2, 0.25) is 0 Å². The van der Waals surface area contributed by atoms with Gasteiger partial charge in [-0.1, -0.05) is 30.3 Å². The van der Waals surface area contributed by atoms with Crippen LogP contribution in [0.1, 0.15) is 11.1 Å². The molecule has 146 valence electrons. The number of ether oxygens (including phenoxy) is 1. The zero-order valence-corrected chi connectivity index (χ0v) is 16.0. The number of nitrogens with one attached hydrogen (secondary N) is 1. The first-order valence-electron chi connectivity index (χ1n) is 9.32. The van der Waals surface area contributed by atoms with Crippen molar-refractivity contribution in [3.05, 3.63) is 95.6 Å². The SMILES string of the molecule is COc1cccc(-c2nc3cc(F)ccc3cc2CNCc2ccccc2F)c1. The quantitative estimate of drug-likeness (QED) is 0.473. The molecule has 0 radical (unpaired) electrons. The van der Waals surface area contributed by atoms with Crippen molar-refractivity contribution in [1.82, 2.24) is 10.3 Å². The van der Waals surface area contributed by atoms with Crippen LogP contribution in [0.15, 0.2) is 72.8 Å². The van der Waals surface area contributed by atoms with Gasteiger partial charge in [-0.3, -0.25) is 0 Å². The third-order valence-corrected chi connectivity index (χ3v) is 4.79. The van der Waals surface area contributed by atoms with Gasteiger partial charge in [-0.2, -0.15) is 0 Å². The van der Waals surface area contributed by atoms with E-state index < -0.39 is 0 Å². The number of hydrogen-bond donors (Lipinski definition) is 1. The summed E-state index contributed by atoms with van der Waals surface area (Å²) in [7, 11) is 1.61. The summed E-state index contributed by atoms with van der Waals surface area (Å²) >= 11 is 0. The van der Waals surface area contributed by atoms with Crippen LogP contribution in [0.4, 0.5) is 8.78 Å². The highest BCUT2D eigenvalue weighted by Gasteiger charge is 2.11. The molecule has 1 heterocycles. The normalized spacial score (nSPS) is 11.0. The van der Waals surface area contributed by atoms with E-state index in [1.54, 1.807) is 25.3 Å². The molecule has 1 aromatic heterocycles. The van der Waals surface area contributed by atoms with E-state index in [2.05, 4.69) is 5.32 Å². The van der Waals surface area contributed by atoms with Gasteiger partial charge in [0.05, 0.1) is 18.3 Å². The molecular weight excluding hydrogens is 370 g/mol. The van der Waals surface area contributed by atoms with Crippen LogP contribution in [-0.4, -0.2) is 12.1 Å². The third-order valence-electron chi connectivity index (χ3n) is 4.79. The van der Waals surface area contributed by atoms with E-state index >= 15 is 0 Å². The van der Waals surface area contributed by atoms with Crippen molar-refractivity contribution in [2.45, 2.75) is 13.1 Å². The van der Waals surface area contributed by atoms with E-state index in [1.807, 2.05) is 36.4 Å². The maximum absolute atomic E-state index is 13.9. The molecule has 4 aromatic rings. The molecular formula is C24H20F2N2O. The zero-order valence-electron chi connectivity index (χ0n) is 16.0. The minimum Gasteiger partial charge on any atom is -0.497 e. The Kier molecular flexibility index (Phi) is 5.49. The summed E-state index contributed by atoms with van der Waals surface area (Å²) in [6, 6.07) is 20.8. The van der Waals surface area contributed by atoms with Crippen molar-refractivity contribution < 1.29 is 13.5 Å². The first kappa shape index (κ1) is 19.0. The minimum absolute atomic E-state index is 0.236. The predicted molar refractivity (Wildman–Crippen MR) is 111 cm³/mol. The molecule has 0 unspecified atom stereocenters. The first-order valence-corrected chi connectivity index (χ1v) is 9.32. The number of rotatable bonds is 6. The topological polar surface area (TPSA) is 34.1 Å². The highest BCUT2D eigenvalue weighted by molar-refractivity contribution is 5.83. The van der Waals surface area contributed by atoms with E-state index in [0.29, 0.717) is 29.9 Å². The van der Waals surface area contributed by atoms with E-state index in [4.69, 9.17) is 9.72 Å². The fourth-order valence-electron chi connectivity index (χ4n) is 3.31. The lowest BCUT2D eigenvalue weighted by atomic mass is 10.0. The molecule has 0 amide bonds. The first-order chi connectivity index (χ1) is 14.1. The molecule has 0 bridgehead atoms. The number of halogens is 2. The smallest absolute Gasteiger partial charge is 0.127 e. The monoisotopic (exact) mass is 390 g/mol. The molecule has 1 N–H and O–H groups in total. The predicted octanol–water partition coefficient (Wildman–Crippen LogP) is 5.48. The lowest BCUT2D eigenvalue weighted by Gasteiger charge is -2.13. The van der Waals surface area contributed by atoms with Crippen LogP contribution < -0.4 is 10.1 Å². The van der Waals surface area contributed by atoms with Crippen molar-refractivity contribution >= 4 is 10.9 Å². The van der Waals surface area contributed by atoms with Gasteiger partial charge in [0.2, 0.25) is 0 Å². The molecule has 3 aromatic carbocycles. The number of hydrogen-bond acceptors (Lipinski definition) is 3. The molecule has 4 rings (SSSR count). The number of fused-ring (bicyclic) bond motifs is 1. The zero-order chi connectivity index (χ0) is 20.2. The molecule has 3 nitrogen and oxygen atoms in total. The summed E-state index contributed by atoms with van der Waals surface area (Å²) in [6.45, 7) is 0.882. The molecule has 0 saturated carbocycles. The van der Waals surface area contributed by atoms with Crippen LogP contribution in [0.3, 0.4) is 0 Å². The minimum atomic E-state index is -0.327. The van der Waals surface area contributed by atoms with Crippen molar-refractivity contribution in [3.63, 3.8) is 0 Å². The van der Waals surface area contributed by atoms with Crippen molar-refractivity contribution in [2.24, 2.45) is 0 Å². The maximum atomic E-state index is 13.9. The van der Waals surface area contributed by atoms with E-state index in [0.717, 1.165) is 22.2 Å². The molecule has 0 aliphatic rings. The van der Waals surface area contributed by atoms with Crippen LogP contribution >= 0.6 is 0 Å². The average molecular weight is 390 g/mol. The Bertz CT molecular complexity index is 1160.